The van der Waals surface area contributed by atoms with Gasteiger partial charge in [-0.15, -0.1) is 0 Å². The van der Waals surface area contributed by atoms with Crippen LogP contribution < -0.4 is 9.47 Å². The van der Waals surface area contributed by atoms with E-state index in [0.29, 0.717) is 38.4 Å². The number of methoxy groups -OCH3 is 1. The molecule has 3 aromatic rings. The molecule has 26 heavy (non-hydrogen) atoms. The lowest BCUT2D eigenvalue weighted by molar-refractivity contribution is 0.169. The minimum Gasteiger partial charge on any atom is -0.486 e. The summed E-state index contributed by atoms with van der Waals surface area (Å²) >= 11 is 12.0. The van der Waals surface area contributed by atoms with E-state index in [1.807, 2.05) is 24.4 Å². The van der Waals surface area contributed by atoms with Crippen molar-refractivity contribution in [2.45, 2.75) is 12.8 Å². The number of aromatic amines is 1. The molecule has 138 valence electrons. The van der Waals surface area contributed by atoms with E-state index in [2.05, 4.69) is 21.0 Å². The number of halogens is 2. The number of hydrogen-bond acceptors (Lipinski definition) is 5. The normalized spacial score (nSPS) is 11.0. The zero-order valence-electron chi connectivity index (χ0n) is 14.3. The van der Waals surface area contributed by atoms with E-state index in [1.54, 1.807) is 7.11 Å². The van der Waals surface area contributed by atoms with Gasteiger partial charge < -0.3 is 19.2 Å². The van der Waals surface area contributed by atoms with Crippen LogP contribution in [0.3, 0.4) is 0 Å². The second-order valence-corrected chi connectivity index (χ2v) is 6.27. The largest absolute Gasteiger partial charge is 0.486 e. The Labute approximate surface area is 161 Å². The first kappa shape index (κ1) is 18.8. The first-order valence-corrected chi connectivity index (χ1v) is 8.97. The average Bonchev–Trinajstić information content (AvgIpc) is 3.03. The number of hydrogen-bond donors (Lipinski definition) is 1. The van der Waals surface area contributed by atoms with Gasteiger partial charge in [0.15, 0.2) is 5.15 Å². The fourth-order valence-electron chi connectivity index (χ4n) is 2.57. The second-order valence-electron chi connectivity index (χ2n) is 5.57. The summed E-state index contributed by atoms with van der Waals surface area (Å²) in [5, 5.41) is 1.32. The summed E-state index contributed by atoms with van der Waals surface area (Å²) in [6.45, 7) is 1.40. The molecule has 6 nitrogen and oxygen atoms in total. The highest BCUT2D eigenvalue weighted by atomic mass is 35.5. The maximum absolute atomic E-state index is 6.13. The van der Waals surface area contributed by atoms with Crippen molar-refractivity contribution in [3.63, 3.8) is 0 Å². The van der Waals surface area contributed by atoms with Gasteiger partial charge in [0.05, 0.1) is 13.2 Å². The number of aromatic nitrogens is 3. The Morgan fingerprint density at radius 3 is 2.73 bits per heavy atom. The van der Waals surface area contributed by atoms with Crippen molar-refractivity contribution in [1.82, 2.24) is 15.0 Å². The molecule has 0 aliphatic rings. The van der Waals surface area contributed by atoms with Gasteiger partial charge in [-0.2, -0.15) is 4.98 Å². The van der Waals surface area contributed by atoms with Crippen LogP contribution in [0.25, 0.3) is 10.9 Å². The van der Waals surface area contributed by atoms with Crippen molar-refractivity contribution in [1.29, 1.82) is 0 Å². The summed E-state index contributed by atoms with van der Waals surface area (Å²) in [4.78, 5) is 11.3. The third-order valence-electron chi connectivity index (χ3n) is 3.79. The van der Waals surface area contributed by atoms with Crippen LogP contribution in [0.5, 0.6) is 11.6 Å². The summed E-state index contributed by atoms with van der Waals surface area (Å²) in [5.41, 5.74) is 2.26. The molecular weight excluding hydrogens is 377 g/mol. The molecule has 0 atom stereocenters. The fourth-order valence-corrected chi connectivity index (χ4v) is 2.99. The van der Waals surface area contributed by atoms with Crippen molar-refractivity contribution in [2.24, 2.45) is 0 Å². The third-order valence-corrected chi connectivity index (χ3v) is 4.22. The number of benzene rings is 1. The Morgan fingerprint density at radius 2 is 1.88 bits per heavy atom. The molecular formula is C18H19Cl2N3O3. The van der Waals surface area contributed by atoms with Crippen LogP contribution >= 0.6 is 23.2 Å². The minimum absolute atomic E-state index is 0.0151. The van der Waals surface area contributed by atoms with Crippen LogP contribution in [0.15, 0.2) is 30.5 Å². The molecule has 8 heteroatoms. The molecule has 0 radical (unpaired) electrons. The van der Waals surface area contributed by atoms with Gasteiger partial charge in [-0.25, -0.2) is 4.98 Å². The Kier molecular flexibility index (Phi) is 6.55. The van der Waals surface area contributed by atoms with Gasteiger partial charge in [0.25, 0.3) is 5.88 Å². The number of nitrogens with zero attached hydrogens (tertiary/aromatic N) is 2. The molecule has 0 bridgehead atoms. The molecule has 0 saturated carbocycles. The van der Waals surface area contributed by atoms with Gasteiger partial charge in [0, 0.05) is 43.7 Å². The smallest absolute Gasteiger partial charge is 0.263 e. The van der Waals surface area contributed by atoms with Crippen molar-refractivity contribution in [3.05, 3.63) is 46.5 Å². The molecule has 0 spiro atoms. The summed E-state index contributed by atoms with van der Waals surface area (Å²) in [7, 11) is 1.64. The van der Waals surface area contributed by atoms with Crippen LogP contribution in [0.4, 0.5) is 0 Å². The van der Waals surface area contributed by atoms with E-state index in [0.717, 1.165) is 11.1 Å². The molecule has 2 heterocycles. The second kappa shape index (κ2) is 9.07. The van der Waals surface area contributed by atoms with Crippen molar-refractivity contribution in [2.75, 3.05) is 26.9 Å². The molecule has 3 rings (SSSR count). The quantitative estimate of drug-likeness (QED) is 0.332. The summed E-state index contributed by atoms with van der Waals surface area (Å²) in [6.07, 6.45) is 3.40. The lowest BCUT2D eigenvalue weighted by Crippen LogP contribution is -2.08. The van der Waals surface area contributed by atoms with E-state index in [4.69, 9.17) is 37.4 Å². The van der Waals surface area contributed by atoms with E-state index < -0.39 is 0 Å². The van der Waals surface area contributed by atoms with Crippen LogP contribution in [0, 0.1) is 0 Å². The molecule has 1 aromatic carbocycles. The molecule has 0 aliphatic carbocycles. The average molecular weight is 396 g/mol. The monoisotopic (exact) mass is 395 g/mol. The van der Waals surface area contributed by atoms with Gasteiger partial charge in [0.1, 0.15) is 0 Å². The van der Waals surface area contributed by atoms with Crippen LogP contribution in [0.2, 0.25) is 10.4 Å². The maximum Gasteiger partial charge on any atom is 0.263 e. The van der Waals surface area contributed by atoms with E-state index >= 15 is 0 Å². The van der Waals surface area contributed by atoms with Gasteiger partial charge in [-0.1, -0.05) is 29.8 Å². The van der Waals surface area contributed by atoms with Gasteiger partial charge in [-0.05, 0) is 23.2 Å². The molecule has 0 fully saturated rings. The van der Waals surface area contributed by atoms with E-state index in [9.17, 15) is 0 Å². The topological polar surface area (TPSA) is 69.3 Å². The fraction of sp³-hybridized carbons (Fsp3) is 0.333. The lowest BCUT2D eigenvalue weighted by Gasteiger charge is -2.12. The summed E-state index contributed by atoms with van der Waals surface area (Å²) in [6, 6.07) is 8.12. The maximum atomic E-state index is 6.13. The molecule has 2 aromatic heterocycles. The number of rotatable bonds is 9. The predicted octanol–water partition coefficient (Wildman–Crippen LogP) is 4.30. The highest BCUT2D eigenvalue weighted by Crippen LogP contribution is 2.33. The molecule has 0 aliphatic heterocycles. The van der Waals surface area contributed by atoms with Gasteiger partial charge in [-0.3, -0.25) is 0 Å². The van der Waals surface area contributed by atoms with Gasteiger partial charge >= 0.3 is 0 Å². The van der Waals surface area contributed by atoms with Crippen LogP contribution in [-0.2, 0) is 11.2 Å². The number of nitrogens with one attached hydrogen (secondary N) is 1. The zero-order valence-corrected chi connectivity index (χ0v) is 15.8. The summed E-state index contributed by atoms with van der Waals surface area (Å²) in [5.74, 6) is 0.540. The highest BCUT2D eigenvalue weighted by Gasteiger charge is 2.16. The number of H-pyrrole nitrogens is 1. The first-order chi connectivity index (χ1) is 12.7. The third kappa shape index (κ3) is 4.58. The first-order valence-electron chi connectivity index (χ1n) is 8.21. The zero-order chi connectivity index (χ0) is 18.4. The van der Waals surface area contributed by atoms with Crippen molar-refractivity contribution >= 4 is 34.1 Å². The number of ether oxygens (including phenoxy) is 3. The predicted molar refractivity (Wildman–Crippen MR) is 102 cm³/mol. The van der Waals surface area contributed by atoms with Crippen LogP contribution in [-0.4, -0.2) is 41.9 Å². The molecule has 0 amide bonds. The highest BCUT2D eigenvalue weighted by molar-refractivity contribution is 6.33. The SMILES string of the molecule is COCCCOc1c(Cl)nc(Cl)nc1OCCc1c[nH]c2ccccc12. The van der Waals surface area contributed by atoms with Gasteiger partial charge in [0.2, 0.25) is 11.0 Å². The number of para-hydroxylation sites is 1. The van der Waals surface area contributed by atoms with Crippen molar-refractivity contribution < 1.29 is 14.2 Å². The molecule has 1 N–H and O–H groups in total. The lowest BCUT2D eigenvalue weighted by atomic mass is 10.1. The molecule has 0 unspecified atom stereocenters. The molecule has 0 saturated heterocycles. The Bertz CT molecular complexity index is 870. The van der Waals surface area contributed by atoms with Crippen molar-refractivity contribution in [3.8, 4) is 11.6 Å². The van der Waals surface area contributed by atoms with Crippen LogP contribution in [0.1, 0.15) is 12.0 Å². The Balaban J connectivity index is 1.66. The van der Waals surface area contributed by atoms with E-state index in [1.165, 1.54) is 5.39 Å². The number of fused-ring (bicyclic) bond motifs is 1. The summed E-state index contributed by atoms with van der Waals surface area (Å²) < 4.78 is 16.4. The minimum atomic E-state index is 0.0151. The Hall–Kier alpha value is -2.02. The van der Waals surface area contributed by atoms with E-state index in [-0.39, 0.29) is 16.3 Å². The standard InChI is InChI=1S/C18H19Cl2N3O3/c1-24-8-4-9-25-15-16(19)22-18(20)23-17(15)26-10-7-12-11-21-14-6-3-2-5-13(12)14/h2-3,5-6,11,21H,4,7-10H2,1H3. The Morgan fingerprint density at radius 1 is 1.04 bits per heavy atom.